The summed E-state index contributed by atoms with van der Waals surface area (Å²) in [7, 11) is 0. The molecular formula is C23H28N2OS2. The maximum Gasteiger partial charge on any atom is 0.258 e. The van der Waals surface area contributed by atoms with Gasteiger partial charge >= 0.3 is 0 Å². The van der Waals surface area contributed by atoms with Gasteiger partial charge in [-0.25, -0.2) is 0 Å². The number of anilines is 1. The number of nitrogens with zero attached hydrogens (tertiary/aromatic N) is 2. The van der Waals surface area contributed by atoms with Crippen LogP contribution in [0.15, 0.2) is 48.5 Å². The molecule has 0 N–H and O–H groups in total. The summed E-state index contributed by atoms with van der Waals surface area (Å²) in [5, 5.41) is 0.262. The van der Waals surface area contributed by atoms with Crippen LogP contribution < -0.4 is 4.90 Å². The Kier molecular flexibility index (Phi) is 6.78. The number of amides is 1. The van der Waals surface area contributed by atoms with Crippen LogP contribution in [-0.4, -0.2) is 34.3 Å². The lowest BCUT2D eigenvalue weighted by Gasteiger charge is -2.40. The zero-order chi connectivity index (χ0) is 20.3. The van der Waals surface area contributed by atoms with Gasteiger partial charge in [0.1, 0.15) is 4.32 Å². The summed E-state index contributed by atoms with van der Waals surface area (Å²) in [6.45, 7) is 10.4. The molecule has 148 valence electrons. The Morgan fingerprint density at radius 1 is 1.18 bits per heavy atom. The minimum absolute atomic E-state index is 0.0629. The molecule has 3 rings (SSSR count). The van der Waals surface area contributed by atoms with Crippen LogP contribution in [-0.2, 0) is 0 Å². The van der Waals surface area contributed by atoms with Gasteiger partial charge in [-0.05, 0) is 57.9 Å². The van der Waals surface area contributed by atoms with Crippen LogP contribution >= 0.6 is 24.0 Å². The molecule has 2 aromatic rings. The zero-order valence-corrected chi connectivity index (χ0v) is 18.6. The summed E-state index contributed by atoms with van der Waals surface area (Å²) in [6.07, 6.45) is 0.890. The average molecular weight is 413 g/mol. The van der Waals surface area contributed by atoms with Gasteiger partial charge in [-0.15, -0.1) is 0 Å². The molecule has 0 fully saturated rings. The smallest absolute Gasteiger partial charge is 0.258 e. The number of hydrogen-bond donors (Lipinski definition) is 0. The third-order valence-electron chi connectivity index (χ3n) is 5.29. The van der Waals surface area contributed by atoms with E-state index < -0.39 is 0 Å². The van der Waals surface area contributed by atoms with E-state index >= 15 is 0 Å². The molecular weight excluding hydrogens is 384 g/mol. The van der Waals surface area contributed by atoms with Gasteiger partial charge in [0.05, 0.1) is 0 Å². The van der Waals surface area contributed by atoms with Crippen molar-refractivity contribution in [1.82, 2.24) is 4.90 Å². The summed E-state index contributed by atoms with van der Waals surface area (Å²) >= 11 is 7.48. The van der Waals surface area contributed by atoms with E-state index in [0.29, 0.717) is 0 Å². The minimum Gasteiger partial charge on any atom is -0.358 e. The van der Waals surface area contributed by atoms with Crippen LogP contribution in [0.5, 0.6) is 0 Å². The number of benzene rings is 2. The molecule has 2 unspecified atom stereocenters. The Morgan fingerprint density at radius 3 is 2.50 bits per heavy atom. The normalized spacial score (nSPS) is 18.5. The molecule has 1 aliphatic heterocycles. The van der Waals surface area contributed by atoms with E-state index in [1.165, 1.54) is 11.1 Å². The first-order chi connectivity index (χ1) is 13.5. The first-order valence-corrected chi connectivity index (χ1v) is 11.2. The van der Waals surface area contributed by atoms with Crippen LogP contribution in [0.3, 0.4) is 0 Å². The topological polar surface area (TPSA) is 23.6 Å². The Labute approximate surface area is 178 Å². The highest BCUT2D eigenvalue weighted by atomic mass is 32.2. The number of fused-ring (bicyclic) bond motifs is 1. The second-order valence-corrected chi connectivity index (χ2v) is 9.07. The standard InChI is InChI=1S/C23H28N2OS2/c1-5-24(6-2)23(27)28-21-15-17(4)25(20-13-12-16(3)14-19(20)21)22(26)18-10-8-7-9-11-18/h7-14,17,21H,5-6,15H2,1-4H3. The molecule has 1 aliphatic rings. The molecule has 3 nitrogen and oxygen atoms in total. The number of rotatable bonds is 4. The van der Waals surface area contributed by atoms with Crippen molar-refractivity contribution in [2.24, 2.45) is 0 Å². The summed E-state index contributed by atoms with van der Waals surface area (Å²) in [5.41, 5.74) is 4.16. The van der Waals surface area contributed by atoms with E-state index in [1.807, 2.05) is 35.2 Å². The highest BCUT2D eigenvalue weighted by Gasteiger charge is 2.35. The van der Waals surface area contributed by atoms with Crippen LogP contribution in [0.1, 0.15) is 53.9 Å². The van der Waals surface area contributed by atoms with Crippen molar-refractivity contribution >= 4 is 39.9 Å². The molecule has 0 aromatic heterocycles. The molecule has 0 radical (unpaired) electrons. The first-order valence-electron chi connectivity index (χ1n) is 9.91. The maximum absolute atomic E-state index is 13.3. The van der Waals surface area contributed by atoms with Crippen molar-refractivity contribution in [2.75, 3.05) is 18.0 Å². The lowest BCUT2D eigenvalue weighted by molar-refractivity contribution is 0.0975. The molecule has 0 saturated heterocycles. The zero-order valence-electron chi connectivity index (χ0n) is 17.0. The van der Waals surface area contributed by atoms with Gasteiger partial charge in [0, 0.05) is 35.6 Å². The quantitative estimate of drug-likeness (QED) is 0.589. The molecule has 2 atom stereocenters. The predicted octanol–water partition coefficient (Wildman–Crippen LogP) is 5.84. The van der Waals surface area contributed by atoms with Crippen molar-refractivity contribution in [3.63, 3.8) is 0 Å². The Balaban J connectivity index is 1.96. The summed E-state index contributed by atoms with van der Waals surface area (Å²) < 4.78 is 0.942. The number of thioether (sulfide) groups is 1. The van der Waals surface area contributed by atoms with E-state index in [1.54, 1.807) is 11.8 Å². The number of thiocarbonyl (C=S) groups is 1. The van der Waals surface area contributed by atoms with E-state index in [0.717, 1.165) is 35.1 Å². The van der Waals surface area contributed by atoms with Gasteiger partial charge in [0.25, 0.3) is 5.91 Å². The highest BCUT2D eigenvalue weighted by Crippen LogP contribution is 2.46. The third-order valence-corrected chi connectivity index (χ3v) is 7.03. The average Bonchev–Trinajstić information content (AvgIpc) is 2.69. The highest BCUT2D eigenvalue weighted by molar-refractivity contribution is 8.23. The fourth-order valence-electron chi connectivity index (χ4n) is 3.75. The van der Waals surface area contributed by atoms with Crippen molar-refractivity contribution < 1.29 is 4.79 Å². The van der Waals surface area contributed by atoms with E-state index in [4.69, 9.17) is 12.2 Å². The van der Waals surface area contributed by atoms with Crippen LogP contribution in [0.2, 0.25) is 0 Å². The number of hydrogen-bond acceptors (Lipinski definition) is 3. The van der Waals surface area contributed by atoms with Gasteiger partial charge < -0.3 is 9.80 Å². The first kappa shape index (κ1) is 20.9. The van der Waals surface area contributed by atoms with E-state index in [9.17, 15) is 4.79 Å². The summed E-state index contributed by atoms with van der Waals surface area (Å²) in [4.78, 5) is 17.5. The van der Waals surface area contributed by atoms with Gasteiger partial charge in [0.15, 0.2) is 0 Å². The lowest BCUT2D eigenvalue weighted by Crippen LogP contribution is -2.43. The van der Waals surface area contributed by atoms with Crippen LogP contribution in [0, 0.1) is 6.92 Å². The van der Waals surface area contributed by atoms with Crippen molar-refractivity contribution in [3.05, 3.63) is 65.2 Å². The molecule has 28 heavy (non-hydrogen) atoms. The second kappa shape index (κ2) is 9.10. The number of carbonyl (C=O) groups is 1. The molecule has 0 aliphatic carbocycles. The van der Waals surface area contributed by atoms with Gasteiger partial charge in [0.2, 0.25) is 0 Å². The van der Waals surface area contributed by atoms with Crippen molar-refractivity contribution in [1.29, 1.82) is 0 Å². The molecule has 1 amide bonds. The SMILES string of the molecule is CCN(CC)C(=S)SC1CC(C)N(C(=O)c2ccccc2)c2ccc(C)cc21. The second-order valence-electron chi connectivity index (χ2n) is 7.23. The third kappa shape index (κ3) is 4.26. The van der Waals surface area contributed by atoms with Crippen LogP contribution in [0.25, 0.3) is 0 Å². The summed E-state index contributed by atoms with van der Waals surface area (Å²) in [5.74, 6) is 0.0629. The van der Waals surface area contributed by atoms with Gasteiger partial charge in [-0.3, -0.25) is 4.79 Å². The molecule has 1 heterocycles. The molecule has 0 saturated carbocycles. The van der Waals surface area contributed by atoms with Crippen LogP contribution in [0.4, 0.5) is 5.69 Å². The molecule has 5 heteroatoms. The molecule has 2 aromatic carbocycles. The fraction of sp³-hybridized carbons (Fsp3) is 0.391. The Bertz CT molecular complexity index is 849. The van der Waals surface area contributed by atoms with Gasteiger partial charge in [-0.1, -0.05) is 59.9 Å². The van der Waals surface area contributed by atoms with E-state index in [-0.39, 0.29) is 17.2 Å². The molecule has 0 bridgehead atoms. The monoisotopic (exact) mass is 412 g/mol. The van der Waals surface area contributed by atoms with Gasteiger partial charge in [-0.2, -0.15) is 0 Å². The minimum atomic E-state index is 0.0629. The largest absolute Gasteiger partial charge is 0.358 e. The lowest BCUT2D eigenvalue weighted by atomic mass is 9.94. The predicted molar refractivity (Wildman–Crippen MR) is 124 cm³/mol. The Hall–Kier alpha value is -1.85. The summed E-state index contributed by atoms with van der Waals surface area (Å²) in [6, 6.07) is 16.1. The van der Waals surface area contributed by atoms with Crippen molar-refractivity contribution in [3.8, 4) is 0 Å². The fourth-order valence-corrected chi connectivity index (χ4v) is 5.70. The number of carbonyl (C=O) groups excluding carboxylic acids is 1. The Morgan fingerprint density at radius 2 is 1.86 bits per heavy atom. The van der Waals surface area contributed by atoms with Crippen molar-refractivity contribution in [2.45, 2.75) is 45.4 Å². The maximum atomic E-state index is 13.3. The van der Waals surface area contributed by atoms with E-state index in [2.05, 4.69) is 50.8 Å². The number of aryl methyl sites for hydroxylation is 1. The molecule has 0 spiro atoms.